The minimum Gasteiger partial charge on any atom is -0.480 e. The molecule has 2 N–H and O–H groups in total. The zero-order valence-corrected chi connectivity index (χ0v) is 9.93. The number of carbonyl (C=O) groups is 2. The highest BCUT2D eigenvalue weighted by atomic mass is 16.4. The van der Waals surface area contributed by atoms with Crippen molar-refractivity contribution in [3.8, 4) is 0 Å². The van der Waals surface area contributed by atoms with Crippen LogP contribution < -0.4 is 0 Å². The van der Waals surface area contributed by atoms with Crippen LogP contribution in [-0.4, -0.2) is 55.5 Å². The number of aromatic nitrogens is 2. The second-order valence-electron chi connectivity index (χ2n) is 4.40. The van der Waals surface area contributed by atoms with E-state index in [4.69, 9.17) is 5.11 Å². The Bertz CT molecular complexity index is 445. The Morgan fingerprint density at radius 1 is 1.50 bits per heavy atom. The lowest BCUT2D eigenvalue weighted by molar-refractivity contribution is -0.149. The predicted octanol–water partition coefficient (Wildman–Crippen LogP) is -0.510. The van der Waals surface area contributed by atoms with E-state index in [1.54, 1.807) is 25.4 Å². The van der Waals surface area contributed by atoms with Crippen molar-refractivity contribution in [1.29, 1.82) is 0 Å². The van der Waals surface area contributed by atoms with Gasteiger partial charge in [0.05, 0.1) is 6.10 Å². The molecule has 1 aliphatic heterocycles. The number of carboxylic acid groups (broad SMARTS) is 1. The lowest BCUT2D eigenvalue weighted by atomic mass is 10.2. The molecule has 0 aromatic carbocycles. The van der Waals surface area contributed by atoms with Gasteiger partial charge in [0, 0.05) is 25.4 Å². The highest BCUT2D eigenvalue weighted by molar-refractivity contribution is 5.86. The molecule has 1 aromatic heterocycles. The molecule has 7 heteroatoms. The van der Waals surface area contributed by atoms with E-state index in [1.165, 1.54) is 9.58 Å². The summed E-state index contributed by atoms with van der Waals surface area (Å²) < 4.78 is 1.46. The van der Waals surface area contributed by atoms with Crippen LogP contribution in [0.4, 0.5) is 0 Å². The van der Waals surface area contributed by atoms with Gasteiger partial charge in [0.1, 0.15) is 12.1 Å². The summed E-state index contributed by atoms with van der Waals surface area (Å²) in [7, 11) is 0. The molecule has 0 radical (unpaired) electrons. The first-order valence-electron chi connectivity index (χ1n) is 5.71. The van der Waals surface area contributed by atoms with Crippen LogP contribution in [0.25, 0.3) is 0 Å². The maximum atomic E-state index is 12.2. The van der Waals surface area contributed by atoms with Gasteiger partial charge < -0.3 is 15.1 Å². The van der Waals surface area contributed by atoms with Crippen molar-refractivity contribution in [1.82, 2.24) is 14.7 Å². The van der Waals surface area contributed by atoms with Crippen LogP contribution in [0, 0.1) is 0 Å². The Kier molecular flexibility index (Phi) is 3.33. The fraction of sp³-hybridized carbons (Fsp3) is 0.545. The maximum Gasteiger partial charge on any atom is 0.326 e. The smallest absolute Gasteiger partial charge is 0.326 e. The fourth-order valence-corrected chi connectivity index (χ4v) is 2.15. The zero-order chi connectivity index (χ0) is 13.3. The molecule has 1 amide bonds. The molecule has 2 rings (SSSR count). The molecule has 0 bridgehead atoms. The van der Waals surface area contributed by atoms with Gasteiger partial charge in [-0.3, -0.25) is 9.48 Å². The van der Waals surface area contributed by atoms with Gasteiger partial charge in [-0.25, -0.2) is 4.79 Å². The molecule has 7 nitrogen and oxygen atoms in total. The predicted molar refractivity (Wildman–Crippen MR) is 60.7 cm³/mol. The minimum atomic E-state index is -1.09. The van der Waals surface area contributed by atoms with Gasteiger partial charge in [0.25, 0.3) is 0 Å². The molecule has 98 valence electrons. The van der Waals surface area contributed by atoms with Gasteiger partial charge in [-0.05, 0) is 13.0 Å². The highest BCUT2D eigenvalue weighted by Gasteiger charge is 2.40. The molecule has 0 spiro atoms. The van der Waals surface area contributed by atoms with E-state index in [0.717, 1.165) is 0 Å². The number of carbonyl (C=O) groups excluding carboxylic acids is 1. The van der Waals surface area contributed by atoms with Crippen molar-refractivity contribution in [2.75, 3.05) is 6.54 Å². The standard InChI is InChI=1S/C11H15N3O4/c1-7(14-4-2-3-12-14)10(16)13-6-8(15)5-9(13)11(17)18/h2-4,7-9,15H,5-6H2,1H3,(H,17,18). The first-order chi connectivity index (χ1) is 8.50. The van der Waals surface area contributed by atoms with Crippen molar-refractivity contribution in [2.45, 2.75) is 31.5 Å². The molecular weight excluding hydrogens is 238 g/mol. The normalized spacial score (nSPS) is 25.1. The average molecular weight is 253 g/mol. The number of aliphatic carboxylic acids is 1. The number of aliphatic hydroxyl groups excluding tert-OH is 1. The molecule has 2 heterocycles. The Morgan fingerprint density at radius 3 is 2.78 bits per heavy atom. The van der Waals surface area contributed by atoms with Gasteiger partial charge in [0.2, 0.25) is 5.91 Å². The molecule has 1 aromatic rings. The number of amides is 1. The first kappa shape index (κ1) is 12.6. The summed E-state index contributed by atoms with van der Waals surface area (Å²) >= 11 is 0. The van der Waals surface area contributed by atoms with Gasteiger partial charge in [-0.15, -0.1) is 0 Å². The van der Waals surface area contributed by atoms with Crippen molar-refractivity contribution in [2.24, 2.45) is 0 Å². The van der Waals surface area contributed by atoms with Crippen molar-refractivity contribution >= 4 is 11.9 Å². The summed E-state index contributed by atoms with van der Waals surface area (Å²) in [5.41, 5.74) is 0. The first-order valence-corrected chi connectivity index (χ1v) is 5.71. The number of aliphatic hydroxyl groups is 1. The third-order valence-electron chi connectivity index (χ3n) is 3.13. The Balaban J connectivity index is 2.15. The van der Waals surface area contributed by atoms with Crippen LogP contribution in [0.15, 0.2) is 18.5 Å². The summed E-state index contributed by atoms with van der Waals surface area (Å²) in [4.78, 5) is 24.4. The molecule has 3 unspecified atom stereocenters. The van der Waals surface area contributed by atoms with E-state index in [9.17, 15) is 14.7 Å². The van der Waals surface area contributed by atoms with Gasteiger partial charge in [-0.1, -0.05) is 0 Å². The monoisotopic (exact) mass is 253 g/mol. The number of hydrogen-bond donors (Lipinski definition) is 2. The minimum absolute atomic E-state index is 0.0570. The number of rotatable bonds is 3. The highest BCUT2D eigenvalue weighted by Crippen LogP contribution is 2.21. The molecule has 1 aliphatic rings. The van der Waals surface area contributed by atoms with Crippen molar-refractivity contribution in [3.05, 3.63) is 18.5 Å². The number of hydrogen-bond acceptors (Lipinski definition) is 4. The summed E-state index contributed by atoms with van der Waals surface area (Å²) in [5.74, 6) is -1.43. The molecule has 0 saturated carbocycles. The third-order valence-corrected chi connectivity index (χ3v) is 3.13. The van der Waals surface area contributed by atoms with E-state index in [-0.39, 0.29) is 18.9 Å². The number of likely N-dealkylation sites (tertiary alicyclic amines) is 1. The molecule has 3 atom stereocenters. The Morgan fingerprint density at radius 2 is 2.22 bits per heavy atom. The van der Waals surface area contributed by atoms with Gasteiger partial charge in [-0.2, -0.15) is 5.10 Å². The van der Waals surface area contributed by atoms with Crippen LogP contribution in [0.5, 0.6) is 0 Å². The second kappa shape index (κ2) is 4.77. The Hall–Kier alpha value is -1.89. The van der Waals surface area contributed by atoms with E-state index < -0.39 is 24.2 Å². The SMILES string of the molecule is CC(C(=O)N1CC(O)CC1C(=O)O)n1cccn1. The number of β-amino-alcohol motifs (C(OH)–C–C–N with tert-alkyl or cyclic N) is 1. The molecule has 1 fully saturated rings. The van der Waals surface area contributed by atoms with E-state index >= 15 is 0 Å². The number of nitrogens with zero attached hydrogens (tertiary/aromatic N) is 3. The quantitative estimate of drug-likeness (QED) is 0.756. The van der Waals surface area contributed by atoms with Crippen LogP contribution in [0.2, 0.25) is 0 Å². The average Bonchev–Trinajstić information content (AvgIpc) is 2.95. The summed E-state index contributed by atoms with van der Waals surface area (Å²) in [5, 5.41) is 22.5. The van der Waals surface area contributed by atoms with Gasteiger partial charge in [0.15, 0.2) is 0 Å². The lowest BCUT2D eigenvalue weighted by Crippen LogP contribution is -2.43. The van der Waals surface area contributed by atoms with Crippen LogP contribution in [0.1, 0.15) is 19.4 Å². The molecule has 18 heavy (non-hydrogen) atoms. The summed E-state index contributed by atoms with van der Waals surface area (Å²) in [6.45, 7) is 1.71. The maximum absolute atomic E-state index is 12.2. The van der Waals surface area contributed by atoms with E-state index in [0.29, 0.717) is 0 Å². The summed E-state index contributed by atoms with van der Waals surface area (Å²) in [6, 6.07) is 0.162. The van der Waals surface area contributed by atoms with Crippen molar-refractivity contribution < 1.29 is 19.8 Å². The van der Waals surface area contributed by atoms with Crippen LogP contribution in [-0.2, 0) is 9.59 Å². The molecular formula is C11H15N3O4. The third kappa shape index (κ3) is 2.21. The number of carboxylic acids is 1. The van der Waals surface area contributed by atoms with Gasteiger partial charge >= 0.3 is 5.97 Å². The van der Waals surface area contributed by atoms with Crippen LogP contribution >= 0.6 is 0 Å². The summed E-state index contributed by atoms with van der Waals surface area (Å²) in [6.07, 6.45) is 2.49. The lowest BCUT2D eigenvalue weighted by Gasteiger charge is -2.24. The molecule has 0 aliphatic carbocycles. The van der Waals surface area contributed by atoms with Crippen LogP contribution in [0.3, 0.4) is 0 Å². The Labute approximate surface area is 104 Å². The molecule has 1 saturated heterocycles. The second-order valence-corrected chi connectivity index (χ2v) is 4.40. The largest absolute Gasteiger partial charge is 0.480 e. The zero-order valence-electron chi connectivity index (χ0n) is 9.93. The van der Waals surface area contributed by atoms with E-state index in [1.807, 2.05) is 0 Å². The topological polar surface area (TPSA) is 95.7 Å². The van der Waals surface area contributed by atoms with Crippen molar-refractivity contribution in [3.63, 3.8) is 0 Å². The van der Waals surface area contributed by atoms with E-state index in [2.05, 4.69) is 5.10 Å². The fourth-order valence-electron chi connectivity index (χ4n) is 2.15.